The first-order valence-electron chi connectivity index (χ1n) is 17.4. The largest absolute Gasteiger partial charge is 0.467 e. The van der Waals surface area contributed by atoms with Crippen LogP contribution in [0.15, 0.2) is 12.1 Å². The average molecular weight is 697 g/mol. The van der Waals surface area contributed by atoms with Gasteiger partial charge in [-0.3, -0.25) is 9.80 Å². The van der Waals surface area contributed by atoms with E-state index in [-0.39, 0.29) is 42.3 Å². The van der Waals surface area contributed by atoms with Crippen LogP contribution in [-0.4, -0.2) is 107 Å². The lowest BCUT2D eigenvalue weighted by molar-refractivity contribution is 0.0122. The minimum absolute atomic E-state index is 0.0322. The number of benzene rings is 1. The van der Waals surface area contributed by atoms with Gasteiger partial charge in [0.25, 0.3) is 0 Å². The number of halogens is 2. The molecule has 6 atom stereocenters. The number of methoxy groups -OCH3 is 1. The van der Waals surface area contributed by atoms with Crippen molar-refractivity contribution in [1.82, 2.24) is 24.8 Å². The maximum absolute atomic E-state index is 14.5. The number of nitrogens with zero attached hydrogens (tertiary/aromatic N) is 6. The number of anilines is 1. The first-order valence-corrected chi connectivity index (χ1v) is 17.8. The third-order valence-electron chi connectivity index (χ3n) is 10.4. The van der Waals surface area contributed by atoms with E-state index in [1.54, 1.807) is 13.2 Å². The molecule has 1 amide bonds. The number of rotatable bonds is 8. The Bertz CT molecular complexity index is 1630. The molecule has 11 nitrogen and oxygen atoms in total. The smallest absolute Gasteiger partial charge is 0.410 e. The van der Waals surface area contributed by atoms with E-state index in [0.29, 0.717) is 61.2 Å². The maximum Gasteiger partial charge on any atom is 0.410 e. The highest BCUT2D eigenvalue weighted by Gasteiger charge is 2.50. The zero-order chi connectivity index (χ0) is 34.5. The molecule has 4 aliphatic heterocycles. The third kappa shape index (κ3) is 7.26. The first kappa shape index (κ1) is 34.1. The summed E-state index contributed by atoms with van der Waals surface area (Å²) in [7, 11) is 1.57. The summed E-state index contributed by atoms with van der Waals surface area (Å²) in [5, 5.41) is 0.606. The molecular formula is C36H46ClFN6O5. The Labute approximate surface area is 292 Å². The van der Waals surface area contributed by atoms with E-state index in [4.69, 9.17) is 40.5 Å². The third-order valence-corrected chi connectivity index (χ3v) is 10.8. The van der Waals surface area contributed by atoms with Crippen molar-refractivity contribution < 1.29 is 28.1 Å². The summed E-state index contributed by atoms with van der Waals surface area (Å²) in [5.41, 5.74) is 0.816. The topological polar surface area (TPSA) is 102 Å². The van der Waals surface area contributed by atoms with Crippen molar-refractivity contribution in [2.45, 2.75) is 102 Å². The number of fused-ring (bicyclic) bond motifs is 3. The fourth-order valence-electron chi connectivity index (χ4n) is 8.07. The van der Waals surface area contributed by atoms with Crippen LogP contribution in [0, 0.1) is 17.8 Å². The van der Waals surface area contributed by atoms with E-state index >= 15 is 0 Å². The molecule has 5 aliphatic rings. The number of carbonyl (C=O) groups is 1. The number of ether oxygens (including phenoxy) is 4. The molecule has 5 fully saturated rings. The Hall–Kier alpha value is -3.40. The molecule has 4 saturated heterocycles. The van der Waals surface area contributed by atoms with E-state index in [2.05, 4.69) is 33.5 Å². The summed E-state index contributed by atoms with van der Waals surface area (Å²) in [6.45, 7) is 10.6. The summed E-state index contributed by atoms with van der Waals surface area (Å²) >= 11 is 6.78. The monoisotopic (exact) mass is 696 g/mol. The van der Waals surface area contributed by atoms with Crippen molar-refractivity contribution in [2.24, 2.45) is 5.92 Å². The summed E-state index contributed by atoms with van der Waals surface area (Å²) in [4.78, 5) is 33.5. The van der Waals surface area contributed by atoms with Crippen molar-refractivity contribution in [1.29, 1.82) is 0 Å². The second-order valence-electron chi connectivity index (χ2n) is 15.3. The van der Waals surface area contributed by atoms with E-state index in [0.717, 1.165) is 49.8 Å². The van der Waals surface area contributed by atoms with Crippen molar-refractivity contribution in [3.05, 3.63) is 34.1 Å². The van der Waals surface area contributed by atoms with Crippen LogP contribution in [-0.2, 0) is 9.47 Å². The van der Waals surface area contributed by atoms with Gasteiger partial charge < -0.3 is 23.8 Å². The normalized spacial score (nSPS) is 29.0. The van der Waals surface area contributed by atoms with Crippen LogP contribution in [0.2, 0.25) is 5.02 Å². The molecule has 0 radical (unpaired) electrons. The van der Waals surface area contributed by atoms with Crippen molar-refractivity contribution in [3.8, 4) is 23.6 Å². The molecule has 49 heavy (non-hydrogen) atoms. The SMILES string of the molecule is COCOc1cc(Cl)c([C@@H]2C[C@@H]2C)c(C#Cc2nc(OC[C@@]34CCCN3C[C@H](F)C4)nc(N3C[C@H]4CC[C@@H](C3)N4C(=O)OC(C)(C)C)n2)c1. The standard InChI is InChI=1S/C36H46ClFN6O5/c1-22-13-28(22)31-23(14-27(15-29(31)37)48-21-46-5)7-10-30-39-32(41-33(40-30)47-20-36-11-6-12-43(36)17-24(38)16-36)42-18-25-8-9-26(19-42)44(25)34(45)49-35(2,3)4/h14-15,22,24-26,28H,6,8-9,11-13,16-21H2,1-5H3/t22-,24+,25-,26+,28+,36-/m0/s1. The zero-order valence-corrected chi connectivity index (χ0v) is 29.8. The van der Waals surface area contributed by atoms with Gasteiger partial charge in [0.1, 0.15) is 24.1 Å². The lowest BCUT2D eigenvalue weighted by Gasteiger charge is -2.41. The molecule has 1 aliphatic carbocycles. The van der Waals surface area contributed by atoms with Crippen molar-refractivity contribution >= 4 is 23.6 Å². The number of carbonyl (C=O) groups excluding carboxylic acids is 1. The van der Waals surface area contributed by atoms with Gasteiger partial charge in [0, 0.05) is 43.8 Å². The maximum atomic E-state index is 14.5. The lowest BCUT2D eigenvalue weighted by atomic mass is 9.95. The van der Waals surface area contributed by atoms with Gasteiger partial charge in [0.05, 0.1) is 17.6 Å². The zero-order valence-electron chi connectivity index (χ0n) is 29.0. The van der Waals surface area contributed by atoms with Gasteiger partial charge in [-0.05, 0) is 94.9 Å². The van der Waals surface area contributed by atoms with Crippen LogP contribution in [0.25, 0.3) is 0 Å². The second kappa shape index (κ2) is 13.4. The molecule has 1 aromatic carbocycles. The Balaban J connectivity index is 1.20. The van der Waals surface area contributed by atoms with Gasteiger partial charge >= 0.3 is 12.1 Å². The van der Waals surface area contributed by atoms with E-state index in [1.807, 2.05) is 31.7 Å². The minimum Gasteiger partial charge on any atom is -0.467 e. The molecule has 1 aromatic heterocycles. The fourth-order valence-corrected chi connectivity index (χ4v) is 8.41. The highest BCUT2D eigenvalue weighted by molar-refractivity contribution is 6.31. The fraction of sp³-hybridized carbons (Fsp3) is 0.667. The number of alkyl halides is 1. The Morgan fingerprint density at radius 1 is 1.10 bits per heavy atom. The molecule has 13 heteroatoms. The van der Waals surface area contributed by atoms with Crippen molar-refractivity contribution in [2.75, 3.05) is 51.6 Å². The molecule has 0 spiro atoms. The summed E-state index contributed by atoms with van der Waals surface area (Å²) in [5.74, 6) is 8.56. The van der Waals surface area contributed by atoms with Gasteiger partial charge in [0.2, 0.25) is 11.8 Å². The predicted octanol–water partition coefficient (Wildman–Crippen LogP) is 5.57. The number of piperazine rings is 1. The molecule has 2 bridgehead atoms. The molecule has 5 heterocycles. The van der Waals surface area contributed by atoms with E-state index in [1.165, 1.54) is 0 Å². The number of amides is 1. The predicted molar refractivity (Wildman–Crippen MR) is 182 cm³/mol. The first-order chi connectivity index (χ1) is 23.4. The number of hydrogen-bond acceptors (Lipinski definition) is 10. The molecule has 1 saturated carbocycles. The van der Waals surface area contributed by atoms with Gasteiger partial charge in [-0.2, -0.15) is 15.0 Å². The second-order valence-corrected chi connectivity index (χ2v) is 15.7. The summed E-state index contributed by atoms with van der Waals surface area (Å²) in [6, 6.07) is 3.78. The van der Waals surface area contributed by atoms with Crippen LogP contribution < -0.4 is 14.4 Å². The average Bonchev–Trinajstić information content (AvgIpc) is 3.34. The lowest BCUT2D eigenvalue weighted by Crippen LogP contribution is -2.57. The van der Waals surface area contributed by atoms with Crippen LogP contribution in [0.4, 0.5) is 15.1 Å². The van der Waals surface area contributed by atoms with Crippen LogP contribution in [0.1, 0.15) is 89.1 Å². The van der Waals surface area contributed by atoms with Gasteiger partial charge in [-0.1, -0.05) is 24.4 Å². The van der Waals surface area contributed by atoms with Crippen LogP contribution >= 0.6 is 11.6 Å². The molecular weight excluding hydrogens is 651 g/mol. The Morgan fingerprint density at radius 3 is 2.55 bits per heavy atom. The molecule has 0 unspecified atom stereocenters. The molecule has 7 rings (SSSR count). The number of hydrogen-bond donors (Lipinski definition) is 0. The quantitative estimate of drug-likeness (QED) is 0.257. The number of aromatic nitrogens is 3. The molecule has 264 valence electrons. The van der Waals surface area contributed by atoms with Gasteiger partial charge in [-0.25, -0.2) is 9.18 Å². The Kier molecular flexibility index (Phi) is 9.30. The van der Waals surface area contributed by atoms with E-state index in [9.17, 15) is 9.18 Å². The van der Waals surface area contributed by atoms with E-state index < -0.39 is 11.8 Å². The van der Waals surface area contributed by atoms with Gasteiger partial charge in [0.15, 0.2) is 6.79 Å². The minimum atomic E-state index is -0.866. The Morgan fingerprint density at radius 2 is 1.86 bits per heavy atom. The summed E-state index contributed by atoms with van der Waals surface area (Å²) in [6.07, 6.45) is 3.95. The molecule has 0 N–H and O–H groups in total. The highest BCUT2D eigenvalue weighted by atomic mass is 35.5. The van der Waals surface area contributed by atoms with Crippen LogP contribution in [0.3, 0.4) is 0 Å². The summed E-state index contributed by atoms with van der Waals surface area (Å²) < 4.78 is 37.4. The molecule has 2 aromatic rings. The van der Waals surface area contributed by atoms with Crippen LogP contribution in [0.5, 0.6) is 11.8 Å². The van der Waals surface area contributed by atoms with Crippen molar-refractivity contribution in [3.63, 3.8) is 0 Å². The highest BCUT2D eigenvalue weighted by Crippen LogP contribution is 2.51. The van der Waals surface area contributed by atoms with Gasteiger partial charge in [-0.15, -0.1) is 0 Å².